The van der Waals surface area contributed by atoms with Gasteiger partial charge in [-0.15, -0.1) is 0 Å². The van der Waals surface area contributed by atoms with Gasteiger partial charge in [-0.25, -0.2) is 0 Å². The van der Waals surface area contributed by atoms with Gasteiger partial charge in [0.1, 0.15) is 0 Å². The van der Waals surface area contributed by atoms with Crippen molar-refractivity contribution in [1.82, 2.24) is 9.97 Å². The average molecular weight is 284 g/mol. The van der Waals surface area contributed by atoms with Crippen LogP contribution in [0.3, 0.4) is 0 Å². The molecular weight excluding hydrogens is 260 g/mol. The Morgan fingerprint density at radius 1 is 1.19 bits per heavy atom. The molecule has 4 nitrogen and oxygen atoms in total. The number of hydrogen-bond donors (Lipinski definition) is 1. The molecule has 1 N–H and O–H groups in total. The van der Waals surface area contributed by atoms with Gasteiger partial charge in [-0.1, -0.05) is 0 Å². The van der Waals surface area contributed by atoms with E-state index in [-0.39, 0.29) is 6.04 Å². The van der Waals surface area contributed by atoms with E-state index in [0.717, 1.165) is 22.8 Å². The topological polar surface area (TPSA) is 41.1 Å². The van der Waals surface area contributed by atoms with Crippen LogP contribution in [0.15, 0.2) is 24.5 Å². The van der Waals surface area contributed by atoms with Crippen LogP contribution in [-0.4, -0.2) is 24.1 Å². The number of aryl methyl sites for hydroxylation is 3. The van der Waals surface area contributed by atoms with Crippen LogP contribution in [0, 0.1) is 20.8 Å². The molecule has 0 radical (unpaired) electrons. The van der Waals surface area contributed by atoms with Gasteiger partial charge in [0.25, 0.3) is 0 Å². The van der Waals surface area contributed by atoms with Crippen LogP contribution in [-0.2, 0) is 0 Å². The zero-order valence-electron chi connectivity index (χ0n) is 13.7. The van der Waals surface area contributed by atoms with Gasteiger partial charge in [-0.2, -0.15) is 0 Å². The van der Waals surface area contributed by atoms with Crippen LogP contribution >= 0.6 is 0 Å². The molecule has 112 valence electrons. The minimum Gasteiger partial charge on any atom is -0.376 e. The highest BCUT2D eigenvalue weighted by Gasteiger charge is 2.15. The molecule has 0 saturated carbocycles. The number of nitrogens with one attached hydrogen (secondary N) is 1. The maximum absolute atomic E-state index is 4.59. The third-order valence-electron chi connectivity index (χ3n) is 3.67. The summed E-state index contributed by atoms with van der Waals surface area (Å²) in [6, 6.07) is 4.33. The van der Waals surface area contributed by atoms with Gasteiger partial charge in [-0.3, -0.25) is 9.97 Å². The van der Waals surface area contributed by atoms with Crippen molar-refractivity contribution >= 4 is 11.4 Å². The van der Waals surface area contributed by atoms with Crippen molar-refractivity contribution in [2.45, 2.75) is 33.7 Å². The van der Waals surface area contributed by atoms with E-state index in [4.69, 9.17) is 0 Å². The lowest BCUT2D eigenvalue weighted by atomic mass is 10.00. The molecule has 0 aromatic carbocycles. The highest BCUT2D eigenvalue weighted by atomic mass is 15.1. The van der Waals surface area contributed by atoms with Crippen LogP contribution in [0.4, 0.5) is 11.4 Å². The van der Waals surface area contributed by atoms with E-state index >= 15 is 0 Å². The summed E-state index contributed by atoms with van der Waals surface area (Å²) in [6.45, 7) is 8.42. The lowest BCUT2D eigenvalue weighted by Crippen LogP contribution is -2.16. The Hall–Kier alpha value is -2.10. The molecule has 2 heterocycles. The first kappa shape index (κ1) is 15.3. The molecule has 0 aliphatic rings. The Morgan fingerprint density at radius 3 is 2.52 bits per heavy atom. The van der Waals surface area contributed by atoms with Crippen LogP contribution in [0.2, 0.25) is 0 Å². The molecule has 0 aliphatic heterocycles. The first-order valence-corrected chi connectivity index (χ1v) is 7.22. The van der Waals surface area contributed by atoms with Crippen LogP contribution in [0.1, 0.15) is 35.5 Å². The van der Waals surface area contributed by atoms with E-state index in [1.54, 1.807) is 0 Å². The molecule has 1 atom stereocenters. The summed E-state index contributed by atoms with van der Waals surface area (Å²) in [5, 5.41) is 3.57. The number of rotatable bonds is 4. The molecule has 1 unspecified atom stereocenters. The molecule has 2 aromatic heterocycles. The lowest BCUT2D eigenvalue weighted by Gasteiger charge is -2.23. The predicted octanol–water partition coefficient (Wildman–Crippen LogP) is 3.64. The summed E-state index contributed by atoms with van der Waals surface area (Å²) in [5.41, 5.74) is 6.85. The average Bonchev–Trinajstić information content (AvgIpc) is 2.37. The maximum Gasteiger partial charge on any atom is 0.0768 e. The van der Waals surface area contributed by atoms with E-state index < -0.39 is 0 Å². The molecule has 2 rings (SSSR count). The lowest BCUT2D eigenvalue weighted by molar-refractivity contribution is 0.840. The molecule has 0 saturated heterocycles. The third-order valence-corrected chi connectivity index (χ3v) is 3.67. The molecule has 0 spiro atoms. The number of nitrogens with zero attached hydrogens (tertiary/aromatic N) is 3. The summed E-state index contributed by atoms with van der Waals surface area (Å²) in [4.78, 5) is 10.9. The molecule has 2 aromatic rings. The van der Waals surface area contributed by atoms with Crippen LogP contribution in [0.25, 0.3) is 0 Å². The first-order valence-electron chi connectivity index (χ1n) is 7.22. The Bertz CT molecular complexity index is 611. The molecule has 0 fully saturated rings. The molecule has 0 amide bonds. The zero-order chi connectivity index (χ0) is 15.6. The minimum atomic E-state index is 0.181. The fourth-order valence-corrected chi connectivity index (χ4v) is 2.88. The quantitative estimate of drug-likeness (QED) is 0.930. The summed E-state index contributed by atoms with van der Waals surface area (Å²) < 4.78 is 0. The Kier molecular flexibility index (Phi) is 4.46. The molecule has 21 heavy (non-hydrogen) atoms. The number of hydrogen-bond acceptors (Lipinski definition) is 4. The fraction of sp³-hybridized carbons (Fsp3) is 0.412. The van der Waals surface area contributed by atoms with Gasteiger partial charge >= 0.3 is 0 Å². The standard InChI is InChI=1S/C17H24N4/c1-11-9-12(2)19-13(3)17(11)14(4)20-15-10-18-8-7-16(15)21(5)6/h7-10,14,20H,1-6H3. The summed E-state index contributed by atoms with van der Waals surface area (Å²) >= 11 is 0. The maximum atomic E-state index is 4.59. The van der Waals surface area contributed by atoms with Crippen molar-refractivity contribution in [3.05, 3.63) is 47.0 Å². The minimum absolute atomic E-state index is 0.181. The number of anilines is 2. The van der Waals surface area contributed by atoms with Crippen molar-refractivity contribution in [1.29, 1.82) is 0 Å². The zero-order valence-corrected chi connectivity index (χ0v) is 13.7. The Morgan fingerprint density at radius 2 is 1.90 bits per heavy atom. The van der Waals surface area contributed by atoms with Crippen molar-refractivity contribution in [3.63, 3.8) is 0 Å². The van der Waals surface area contributed by atoms with Gasteiger partial charge in [-0.05, 0) is 51.0 Å². The largest absolute Gasteiger partial charge is 0.376 e. The van der Waals surface area contributed by atoms with E-state index in [1.807, 2.05) is 39.5 Å². The van der Waals surface area contributed by atoms with E-state index in [9.17, 15) is 0 Å². The second kappa shape index (κ2) is 6.12. The number of pyridine rings is 2. The van der Waals surface area contributed by atoms with Gasteiger partial charge < -0.3 is 10.2 Å². The van der Waals surface area contributed by atoms with Crippen molar-refractivity contribution < 1.29 is 0 Å². The van der Waals surface area contributed by atoms with Gasteiger partial charge in [0.15, 0.2) is 0 Å². The monoisotopic (exact) mass is 284 g/mol. The highest BCUT2D eigenvalue weighted by Crippen LogP contribution is 2.29. The van der Waals surface area contributed by atoms with E-state index in [0.29, 0.717) is 0 Å². The molecule has 0 aliphatic carbocycles. The molecule has 4 heteroatoms. The van der Waals surface area contributed by atoms with Crippen LogP contribution in [0.5, 0.6) is 0 Å². The van der Waals surface area contributed by atoms with Crippen molar-refractivity contribution in [2.75, 3.05) is 24.3 Å². The highest BCUT2D eigenvalue weighted by molar-refractivity contribution is 5.68. The van der Waals surface area contributed by atoms with Crippen LogP contribution < -0.4 is 10.2 Å². The van der Waals surface area contributed by atoms with Gasteiger partial charge in [0, 0.05) is 31.7 Å². The smallest absolute Gasteiger partial charge is 0.0768 e. The van der Waals surface area contributed by atoms with E-state index in [2.05, 4.69) is 47.0 Å². The van der Waals surface area contributed by atoms with E-state index in [1.165, 1.54) is 11.1 Å². The van der Waals surface area contributed by atoms with Crippen molar-refractivity contribution in [3.8, 4) is 0 Å². The third kappa shape index (κ3) is 3.32. The Labute approximate surface area is 127 Å². The SMILES string of the molecule is Cc1cc(C)c(C(C)Nc2cnccc2N(C)C)c(C)n1. The summed E-state index contributed by atoms with van der Waals surface area (Å²) in [5.74, 6) is 0. The van der Waals surface area contributed by atoms with Crippen molar-refractivity contribution in [2.24, 2.45) is 0 Å². The predicted molar refractivity (Wildman–Crippen MR) is 89.0 cm³/mol. The van der Waals surface area contributed by atoms with Gasteiger partial charge in [0.05, 0.1) is 23.6 Å². The molecular formula is C17H24N4. The Balaban J connectivity index is 2.33. The number of aromatic nitrogens is 2. The fourth-order valence-electron chi connectivity index (χ4n) is 2.88. The normalized spacial score (nSPS) is 12.1. The molecule has 0 bridgehead atoms. The summed E-state index contributed by atoms with van der Waals surface area (Å²) in [6.07, 6.45) is 3.69. The second-order valence-electron chi connectivity index (χ2n) is 5.73. The first-order chi connectivity index (χ1) is 9.90. The summed E-state index contributed by atoms with van der Waals surface area (Å²) in [7, 11) is 4.07. The second-order valence-corrected chi connectivity index (χ2v) is 5.73. The van der Waals surface area contributed by atoms with Gasteiger partial charge in [0.2, 0.25) is 0 Å².